The zero-order valence-electron chi connectivity index (χ0n) is 9.22. The summed E-state index contributed by atoms with van der Waals surface area (Å²) < 4.78 is 18.8. The van der Waals surface area contributed by atoms with Gasteiger partial charge in [-0.15, -0.1) is 0 Å². The van der Waals surface area contributed by atoms with Gasteiger partial charge in [0.15, 0.2) is 5.82 Å². The second-order valence-electron chi connectivity index (χ2n) is 3.70. The lowest BCUT2D eigenvalue weighted by Crippen LogP contribution is -2.25. The molecule has 1 aromatic heterocycles. The molecular formula is C11H10BrFN2O3. The van der Waals surface area contributed by atoms with Crippen LogP contribution in [0.4, 0.5) is 4.39 Å². The van der Waals surface area contributed by atoms with Crippen molar-refractivity contribution in [3.63, 3.8) is 0 Å². The molecule has 1 aromatic carbocycles. The smallest absolute Gasteiger partial charge is 0.389 e. The van der Waals surface area contributed by atoms with Crippen LogP contribution in [-0.2, 0) is 6.54 Å². The average molecular weight is 317 g/mol. The highest BCUT2D eigenvalue weighted by Crippen LogP contribution is 2.19. The van der Waals surface area contributed by atoms with Gasteiger partial charge >= 0.3 is 5.76 Å². The third kappa shape index (κ3) is 2.68. The molecule has 2 aromatic rings. The fourth-order valence-corrected chi connectivity index (χ4v) is 1.76. The predicted molar refractivity (Wildman–Crippen MR) is 65.9 cm³/mol. The van der Waals surface area contributed by atoms with E-state index in [9.17, 15) is 14.3 Å². The molecule has 0 aliphatic rings. The summed E-state index contributed by atoms with van der Waals surface area (Å²) >= 11 is 3.29. The molecule has 0 amide bonds. The second kappa shape index (κ2) is 5.45. The van der Waals surface area contributed by atoms with Gasteiger partial charge in [0.1, 0.15) is 12.8 Å². The highest BCUT2D eigenvalue weighted by Gasteiger charge is 2.15. The Morgan fingerprint density at radius 3 is 2.72 bits per heavy atom. The maximum absolute atomic E-state index is 12.3. The zero-order valence-corrected chi connectivity index (χ0v) is 10.8. The van der Waals surface area contributed by atoms with E-state index in [2.05, 4.69) is 25.6 Å². The van der Waals surface area contributed by atoms with Crippen molar-refractivity contribution < 1.29 is 14.0 Å². The van der Waals surface area contributed by atoms with Crippen LogP contribution in [0.25, 0.3) is 11.4 Å². The Bertz CT molecular complexity index is 579. The third-order valence-corrected chi connectivity index (χ3v) is 2.89. The highest BCUT2D eigenvalue weighted by atomic mass is 79.9. The maximum Gasteiger partial charge on any atom is 0.441 e. The Morgan fingerprint density at radius 2 is 2.11 bits per heavy atom. The first-order valence-electron chi connectivity index (χ1n) is 5.18. The van der Waals surface area contributed by atoms with Crippen LogP contribution >= 0.6 is 15.9 Å². The number of aliphatic hydroxyl groups excluding tert-OH is 1. The van der Waals surface area contributed by atoms with Crippen LogP contribution < -0.4 is 5.76 Å². The SMILES string of the molecule is O=c1onc(-c2ccc(Br)cc2)n1CC(O)CF. The Balaban J connectivity index is 2.39. The number of hydrogen-bond acceptors (Lipinski definition) is 4. The van der Waals surface area contributed by atoms with Crippen molar-refractivity contribution >= 4 is 15.9 Å². The molecule has 1 heterocycles. The van der Waals surface area contributed by atoms with Gasteiger partial charge in [-0.25, -0.2) is 9.18 Å². The van der Waals surface area contributed by atoms with Crippen LogP contribution in [0, 0.1) is 0 Å². The van der Waals surface area contributed by atoms with Crippen molar-refractivity contribution in [2.75, 3.05) is 6.67 Å². The lowest BCUT2D eigenvalue weighted by molar-refractivity contribution is 0.120. The van der Waals surface area contributed by atoms with E-state index in [1.807, 2.05) is 0 Å². The van der Waals surface area contributed by atoms with Crippen LogP contribution in [0.2, 0.25) is 0 Å². The van der Waals surface area contributed by atoms with Gasteiger partial charge in [-0.05, 0) is 12.1 Å². The average Bonchev–Trinajstić information content (AvgIpc) is 2.72. The largest absolute Gasteiger partial charge is 0.441 e. The molecule has 5 nitrogen and oxygen atoms in total. The number of aliphatic hydroxyl groups is 1. The van der Waals surface area contributed by atoms with E-state index in [0.717, 1.165) is 9.04 Å². The van der Waals surface area contributed by atoms with Gasteiger partial charge in [0.2, 0.25) is 0 Å². The highest BCUT2D eigenvalue weighted by molar-refractivity contribution is 9.10. The molecule has 1 atom stereocenters. The summed E-state index contributed by atoms with van der Waals surface area (Å²) in [7, 11) is 0. The quantitative estimate of drug-likeness (QED) is 0.930. The van der Waals surface area contributed by atoms with Crippen molar-refractivity contribution in [3.8, 4) is 11.4 Å². The lowest BCUT2D eigenvalue weighted by Gasteiger charge is -2.07. The minimum absolute atomic E-state index is 0.190. The number of halogens is 2. The minimum Gasteiger partial charge on any atom is -0.389 e. The minimum atomic E-state index is -1.25. The number of nitrogens with zero attached hydrogens (tertiary/aromatic N) is 2. The summed E-state index contributed by atoms with van der Waals surface area (Å²) in [5, 5.41) is 12.9. The first kappa shape index (κ1) is 13.0. The zero-order chi connectivity index (χ0) is 13.1. The Hall–Kier alpha value is -1.47. The normalized spacial score (nSPS) is 12.6. The first-order valence-corrected chi connectivity index (χ1v) is 5.97. The van der Waals surface area contributed by atoms with Crippen LogP contribution in [0.1, 0.15) is 0 Å². The first-order chi connectivity index (χ1) is 8.61. The van der Waals surface area contributed by atoms with E-state index in [4.69, 9.17) is 0 Å². The van der Waals surface area contributed by atoms with E-state index in [0.29, 0.717) is 5.56 Å². The Labute approximate surface area is 110 Å². The van der Waals surface area contributed by atoms with E-state index < -0.39 is 18.5 Å². The molecule has 0 bridgehead atoms. The van der Waals surface area contributed by atoms with Crippen molar-refractivity contribution in [3.05, 3.63) is 39.3 Å². The second-order valence-corrected chi connectivity index (χ2v) is 4.61. The molecule has 1 N–H and O–H groups in total. The molecule has 7 heteroatoms. The molecule has 0 aliphatic heterocycles. The van der Waals surface area contributed by atoms with Crippen molar-refractivity contribution in [2.45, 2.75) is 12.6 Å². The van der Waals surface area contributed by atoms with E-state index in [1.54, 1.807) is 24.3 Å². The number of rotatable bonds is 4. The third-order valence-electron chi connectivity index (χ3n) is 2.36. The lowest BCUT2D eigenvalue weighted by atomic mass is 10.2. The van der Waals surface area contributed by atoms with Crippen LogP contribution in [0.3, 0.4) is 0 Å². The molecule has 96 valence electrons. The van der Waals surface area contributed by atoms with Gasteiger partial charge in [0, 0.05) is 10.0 Å². The number of benzene rings is 1. The Morgan fingerprint density at radius 1 is 1.44 bits per heavy atom. The van der Waals surface area contributed by atoms with Gasteiger partial charge in [-0.3, -0.25) is 9.09 Å². The van der Waals surface area contributed by atoms with E-state index in [-0.39, 0.29) is 12.4 Å². The van der Waals surface area contributed by atoms with E-state index >= 15 is 0 Å². The summed E-state index contributed by atoms with van der Waals surface area (Å²) in [5.41, 5.74) is 0.648. The summed E-state index contributed by atoms with van der Waals surface area (Å²) in [6.07, 6.45) is -1.25. The molecule has 0 saturated carbocycles. The standard InChI is InChI=1S/C11H10BrFN2O3/c12-8-3-1-7(2-4-8)10-14-18-11(17)15(10)6-9(16)5-13/h1-4,9,16H,5-6H2. The van der Waals surface area contributed by atoms with Crippen LogP contribution in [0.5, 0.6) is 0 Å². The van der Waals surface area contributed by atoms with Gasteiger partial charge < -0.3 is 5.11 Å². The number of alkyl halides is 1. The monoisotopic (exact) mass is 316 g/mol. The van der Waals surface area contributed by atoms with Gasteiger partial charge in [0.05, 0.1) is 6.54 Å². The van der Waals surface area contributed by atoms with Crippen molar-refractivity contribution in [2.24, 2.45) is 0 Å². The molecule has 0 fully saturated rings. The topological polar surface area (TPSA) is 68.3 Å². The summed E-state index contributed by atoms with van der Waals surface area (Å²) in [6.45, 7) is -1.12. The van der Waals surface area contributed by atoms with Gasteiger partial charge in [-0.2, -0.15) is 0 Å². The molecular weight excluding hydrogens is 307 g/mol. The van der Waals surface area contributed by atoms with Crippen LogP contribution in [-0.4, -0.2) is 27.6 Å². The summed E-state index contributed by atoms with van der Waals surface area (Å²) in [4.78, 5) is 11.4. The maximum atomic E-state index is 12.3. The number of hydrogen-bond donors (Lipinski definition) is 1. The van der Waals surface area contributed by atoms with Crippen molar-refractivity contribution in [1.82, 2.24) is 9.72 Å². The molecule has 18 heavy (non-hydrogen) atoms. The van der Waals surface area contributed by atoms with Crippen molar-refractivity contribution in [1.29, 1.82) is 0 Å². The predicted octanol–water partition coefficient (Wildman–Crippen LogP) is 1.60. The van der Waals surface area contributed by atoms with Gasteiger partial charge in [-0.1, -0.05) is 33.2 Å². The number of aromatic nitrogens is 2. The van der Waals surface area contributed by atoms with Crippen LogP contribution in [0.15, 0.2) is 38.1 Å². The molecule has 0 aliphatic carbocycles. The fourth-order valence-electron chi connectivity index (χ4n) is 1.50. The summed E-state index contributed by atoms with van der Waals surface area (Å²) in [5.74, 6) is -0.458. The van der Waals surface area contributed by atoms with E-state index in [1.165, 1.54) is 0 Å². The summed E-state index contributed by atoms with van der Waals surface area (Å²) in [6, 6.07) is 7.04. The molecule has 0 radical (unpaired) electrons. The molecule has 1 unspecified atom stereocenters. The molecule has 0 saturated heterocycles. The fraction of sp³-hybridized carbons (Fsp3) is 0.273. The molecule has 2 rings (SSSR count). The van der Waals surface area contributed by atoms with Gasteiger partial charge in [0.25, 0.3) is 0 Å². The molecule has 0 spiro atoms. The Kier molecular flexibility index (Phi) is 3.93.